The summed E-state index contributed by atoms with van der Waals surface area (Å²) in [4.78, 5) is 10.4. The highest BCUT2D eigenvalue weighted by molar-refractivity contribution is 7.19. The number of ether oxygens (including phenoxy) is 1. The zero-order chi connectivity index (χ0) is 17.4. The Kier molecular flexibility index (Phi) is 3.85. The number of aryl methyl sites for hydroxylation is 2. The number of anilines is 2. The largest absolute Gasteiger partial charge is 0.496 e. The maximum Gasteiger partial charge on any atom is 0.227 e. The molecule has 0 aliphatic heterocycles. The van der Waals surface area contributed by atoms with Crippen LogP contribution in [0, 0.1) is 6.92 Å². The number of rotatable bonds is 4. The number of hydrogen-bond acceptors (Lipinski definition) is 6. The molecule has 7 heteroatoms. The van der Waals surface area contributed by atoms with E-state index in [-0.39, 0.29) is 0 Å². The van der Waals surface area contributed by atoms with Gasteiger partial charge in [-0.2, -0.15) is 5.10 Å². The van der Waals surface area contributed by atoms with Gasteiger partial charge in [-0.05, 0) is 13.0 Å². The van der Waals surface area contributed by atoms with Gasteiger partial charge in [0.05, 0.1) is 35.4 Å². The molecule has 0 aliphatic rings. The Morgan fingerprint density at radius 3 is 2.80 bits per heavy atom. The first kappa shape index (κ1) is 15.6. The quantitative estimate of drug-likeness (QED) is 0.598. The molecular formula is C18H17N5OS. The lowest BCUT2D eigenvalue weighted by molar-refractivity contribution is 0.416. The third kappa shape index (κ3) is 2.83. The predicted molar refractivity (Wildman–Crippen MR) is 101 cm³/mol. The molecular weight excluding hydrogens is 334 g/mol. The number of para-hydroxylation sites is 1. The second kappa shape index (κ2) is 6.18. The van der Waals surface area contributed by atoms with Crippen LogP contribution in [0.15, 0.2) is 42.9 Å². The molecule has 1 N–H and O–H groups in total. The highest BCUT2D eigenvalue weighted by Crippen LogP contribution is 2.41. The summed E-state index contributed by atoms with van der Waals surface area (Å²) in [5, 5.41) is 7.35. The lowest BCUT2D eigenvalue weighted by Crippen LogP contribution is -1.96. The zero-order valence-electron chi connectivity index (χ0n) is 14.1. The molecule has 4 rings (SSSR count). The standard InChI is InChI=1S/C18H17N5OS/c1-11-16(13-6-4-5-7-14(13)24-3)17-15(25-11)9-19-18(22-17)21-12-8-20-23(2)10-12/h4-10H,1-3H3,(H,19,21,22). The second-order valence-corrected chi connectivity index (χ2v) is 6.92. The van der Waals surface area contributed by atoms with Gasteiger partial charge < -0.3 is 10.1 Å². The fourth-order valence-corrected chi connectivity index (χ4v) is 3.84. The molecule has 126 valence electrons. The summed E-state index contributed by atoms with van der Waals surface area (Å²) in [5.74, 6) is 1.39. The summed E-state index contributed by atoms with van der Waals surface area (Å²) in [6.07, 6.45) is 5.48. The van der Waals surface area contributed by atoms with E-state index < -0.39 is 0 Å². The van der Waals surface area contributed by atoms with Crippen LogP contribution in [-0.2, 0) is 7.05 Å². The summed E-state index contributed by atoms with van der Waals surface area (Å²) >= 11 is 1.69. The van der Waals surface area contributed by atoms with E-state index in [0.29, 0.717) is 5.95 Å². The van der Waals surface area contributed by atoms with Crippen molar-refractivity contribution in [2.75, 3.05) is 12.4 Å². The summed E-state index contributed by atoms with van der Waals surface area (Å²) < 4.78 is 8.32. The minimum absolute atomic E-state index is 0.550. The minimum Gasteiger partial charge on any atom is -0.496 e. The maximum atomic E-state index is 5.54. The molecule has 3 aromatic heterocycles. The van der Waals surface area contributed by atoms with Gasteiger partial charge in [-0.15, -0.1) is 11.3 Å². The van der Waals surface area contributed by atoms with Crippen molar-refractivity contribution in [1.82, 2.24) is 19.7 Å². The highest BCUT2D eigenvalue weighted by atomic mass is 32.1. The summed E-state index contributed by atoms with van der Waals surface area (Å²) in [5.41, 5.74) is 3.91. The van der Waals surface area contributed by atoms with Crippen molar-refractivity contribution in [3.05, 3.63) is 47.7 Å². The molecule has 0 saturated heterocycles. The van der Waals surface area contributed by atoms with Gasteiger partial charge in [-0.3, -0.25) is 4.68 Å². The van der Waals surface area contributed by atoms with Gasteiger partial charge in [0, 0.05) is 29.2 Å². The van der Waals surface area contributed by atoms with Crippen LogP contribution >= 0.6 is 11.3 Å². The van der Waals surface area contributed by atoms with Gasteiger partial charge in [-0.25, -0.2) is 9.97 Å². The van der Waals surface area contributed by atoms with Crippen LogP contribution in [0.4, 0.5) is 11.6 Å². The van der Waals surface area contributed by atoms with Crippen LogP contribution in [-0.4, -0.2) is 26.9 Å². The van der Waals surface area contributed by atoms with Crippen molar-refractivity contribution < 1.29 is 4.74 Å². The Morgan fingerprint density at radius 2 is 2.04 bits per heavy atom. The predicted octanol–water partition coefficient (Wildman–Crippen LogP) is 4.15. The third-order valence-corrected chi connectivity index (χ3v) is 4.97. The molecule has 0 unspecified atom stereocenters. The van der Waals surface area contributed by atoms with Gasteiger partial charge in [0.2, 0.25) is 5.95 Å². The number of benzene rings is 1. The van der Waals surface area contributed by atoms with Crippen LogP contribution in [0.5, 0.6) is 5.75 Å². The summed E-state index contributed by atoms with van der Waals surface area (Å²) in [7, 11) is 3.56. The van der Waals surface area contributed by atoms with Crippen LogP contribution < -0.4 is 10.1 Å². The van der Waals surface area contributed by atoms with E-state index in [4.69, 9.17) is 9.72 Å². The average molecular weight is 351 g/mol. The fourth-order valence-electron chi connectivity index (χ4n) is 2.85. The number of aromatic nitrogens is 4. The summed E-state index contributed by atoms with van der Waals surface area (Å²) in [6, 6.07) is 8.01. The molecule has 0 fully saturated rings. The van der Waals surface area contributed by atoms with Crippen molar-refractivity contribution >= 4 is 33.2 Å². The molecule has 0 spiro atoms. The third-order valence-electron chi connectivity index (χ3n) is 3.94. The van der Waals surface area contributed by atoms with E-state index in [2.05, 4.69) is 28.4 Å². The molecule has 3 heterocycles. The Bertz CT molecular complexity index is 1050. The van der Waals surface area contributed by atoms with Crippen LogP contribution in [0.2, 0.25) is 0 Å². The number of nitrogens with zero attached hydrogens (tertiary/aromatic N) is 4. The number of hydrogen-bond donors (Lipinski definition) is 1. The molecule has 6 nitrogen and oxygen atoms in total. The number of nitrogens with one attached hydrogen (secondary N) is 1. The van der Waals surface area contributed by atoms with Crippen LogP contribution in [0.3, 0.4) is 0 Å². The van der Waals surface area contributed by atoms with Gasteiger partial charge in [0.15, 0.2) is 0 Å². The first-order valence-electron chi connectivity index (χ1n) is 7.81. The van der Waals surface area contributed by atoms with Gasteiger partial charge in [0.25, 0.3) is 0 Å². The summed E-state index contributed by atoms with van der Waals surface area (Å²) in [6.45, 7) is 2.10. The lowest BCUT2D eigenvalue weighted by atomic mass is 10.0. The van der Waals surface area contributed by atoms with E-state index in [1.165, 1.54) is 4.88 Å². The second-order valence-electron chi connectivity index (χ2n) is 5.67. The van der Waals surface area contributed by atoms with Crippen molar-refractivity contribution in [1.29, 1.82) is 0 Å². The zero-order valence-corrected chi connectivity index (χ0v) is 15.0. The van der Waals surface area contributed by atoms with Gasteiger partial charge >= 0.3 is 0 Å². The van der Waals surface area contributed by atoms with E-state index in [0.717, 1.165) is 32.8 Å². The monoisotopic (exact) mass is 351 g/mol. The fraction of sp³-hybridized carbons (Fsp3) is 0.167. The topological polar surface area (TPSA) is 64.9 Å². The molecule has 1 aromatic carbocycles. The Hall–Kier alpha value is -2.93. The van der Waals surface area contributed by atoms with Crippen molar-refractivity contribution in [3.63, 3.8) is 0 Å². The Morgan fingerprint density at radius 1 is 1.20 bits per heavy atom. The maximum absolute atomic E-state index is 5.54. The molecule has 0 saturated carbocycles. The minimum atomic E-state index is 0.550. The lowest BCUT2D eigenvalue weighted by Gasteiger charge is -2.08. The number of thiophene rings is 1. The van der Waals surface area contributed by atoms with E-state index >= 15 is 0 Å². The number of fused-ring (bicyclic) bond motifs is 1. The normalized spacial score (nSPS) is 11.0. The van der Waals surface area contributed by atoms with Gasteiger partial charge in [-0.1, -0.05) is 18.2 Å². The van der Waals surface area contributed by atoms with E-state index in [9.17, 15) is 0 Å². The molecule has 0 radical (unpaired) electrons. The van der Waals surface area contributed by atoms with Gasteiger partial charge in [0.1, 0.15) is 5.75 Å². The first-order valence-corrected chi connectivity index (χ1v) is 8.62. The average Bonchev–Trinajstić information content (AvgIpc) is 3.16. The molecule has 0 aliphatic carbocycles. The van der Waals surface area contributed by atoms with Crippen molar-refractivity contribution in [2.24, 2.45) is 7.05 Å². The molecule has 0 amide bonds. The smallest absolute Gasteiger partial charge is 0.227 e. The molecule has 0 atom stereocenters. The number of methoxy groups -OCH3 is 1. The molecule has 0 bridgehead atoms. The van der Waals surface area contributed by atoms with Crippen molar-refractivity contribution in [2.45, 2.75) is 6.92 Å². The Balaban J connectivity index is 1.84. The van der Waals surface area contributed by atoms with E-state index in [1.807, 2.05) is 37.6 Å². The molecule has 4 aromatic rings. The van der Waals surface area contributed by atoms with E-state index in [1.54, 1.807) is 29.3 Å². The van der Waals surface area contributed by atoms with Crippen LogP contribution in [0.1, 0.15) is 4.88 Å². The SMILES string of the molecule is COc1ccccc1-c1c(C)sc2cnc(Nc3cnn(C)c3)nc12. The Labute approximate surface area is 149 Å². The van der Waals surface area contributed by atoms with Crippen LogP contribution in [0.25, 0.3) is 21.3 Å². The first-order chi connectivity index (χ1) is 12.2. The van der Waals surface area contributed by atoms with Crippen molar-refractivity contribution in [3.8, 4) is 16.9 Å². The highest BCUT2D eigenvalue weighted by Gasteiger charge is 2.17. The molecule has 25 heavy (non-hydrogen) atoms.